The Morgan fingerprint density at radius 1 is 1.07 bits per heavy atom. The summed E-state index contributed by atoms with van der Waals surface area (Å²) in [7, 11) is 0. The molecule has 1 N–H and O–H groups in total. The Bertz CT molecular complexity index is 1590. The molecule has 4 heterocycles. The SMILES string of the molecule is O=C1c2oc(C3=CC=C(Cl)CC3)cc2CC2=C(C=CC(N3CCNCC3)C2)N1Cc1ccccc1-c1cccnc1. The number of halogens is 1. The van der Waals surface area contributed by atoms with Crippen LogP contribution in [0.3, 0.4) is 0 Å². The molecular formula is C34H33ClN4O2. The van der Waals surface area contributed by atoms with Crippen LogP contribution in [0.5, 0.6) is 0 Å². The molecule has 3 aromatic rings. The van der Waals surface area contributed by atoms with Crippen LogP contribution in [0.2, 0.25) is 0 Å². The molecule has 208 valence electrons. The van der Waals surface area contributed by atoms with Crippen LogP contribution in [0.1, 0.15) is 46.7 Å². The fourth-order valence-corrected chi connectivity index (χ4v) is 6.58. The zero-order chi connectivity index (χ0) is 27.8. The molecule has 0 spiro atoms. The summed E-state index contributed by atoms with van der Waals surface area (Å²) in [4.78, 5) is 23.2. The maximum Gasteiger partial charge on any atom is 0.294 e. The lowest BCUT2D eigenvalue weighted by Crippen LogP contribution is -2.48. The quantitative estimate of drug-likeness (QED) is 0.392. The molecule has 2 aliphatic heterocycles. The van der Waals surface area contributed by atoms with E-state index in [0.29, 0.717) is 24.8 Å². The van der Waals surface area contributed by atoms with E-state index < -0.39 is 0 Å². The van der Waals surface area contributed by atoms with Crippen molar-refractivity contribution in [2.75, 3.05) is 26.2 Å². The van der Waals surface area contributed by atoms with E-state index in [1.54, 1.807) is 6.20 Å². The molecule has 4 aliphatic rings. The molecule has 1 unspecified atom stereocenters. The monoisotopic (exact) mass is 564 g/mol. The smallest absolute Gasteiger partial charge is 0.294 e. The van der Waals surface area contributed by atoms with Gasteiger partial charge in [0, 0.05) is 66.5 Å². The van der Waals surface area contributed by atoms with E-state index >= 15 is 0 Å². The van der Waals surface area contributed by atoms with Gasteiger partial charge in [-0.15, -0.1) is 0 Å². The summed E-state index contributed by atoms with van der Waals surface area (Å²) in [5.74, 6) is 1.13. The average molecular weight is 565 g/mol. The molecule has 7 rings (SSSR count). The molecule has 2 aliphatic carbocycles. The Morgan fingerprint density at radius 3 is 2.76 bits per heavy atom. The van der Waals surface area contributed by atoms with Gasteiger partial charge in [0.25, 0.3) is 5.91 Å². The van der Waals surface area contributed by atoms with Crippen molar-refractivity contribution >= 4 is 23.1 Å². The van der Waals surface area contributed by atoms with Crippen molar-refractivity contribution in [3.63, 3.8) is 0 Å². The molecule has 1 saturated heterocycles. The van der Waals surface area contributed by atoms with Crippen LogP contribution in [-0.2, 0) is 13.0 Å². The number of hydrogen-bond donors (Lipinski definition) is 1. The van der Waals surface area contributed by atoms with Crippen molar-refractivity contribution in [3.05, 3.63) is 118 Å². The van der Waals surface area contributed by atoms with Crippen LogP contribution < -0.4 is 5.32 Å². The van der Waals surface area contributed by atoms with Crippen LogP contribution in [0, 0.1) is 0 Å². The Morgan fingerprint density at radius 2 is 1.95 bits per heavy atom. The average Bonchev–Trinajstić information content (AvgIpc) is 3.41. The van der Waals surface area contributed by atoms with Crippen molar-refractivity contribution in [2.45, 2.75) is 38.3 Å². The normalized spacial score (nSPS) is 21.2. The van der Waals surface area contributed by atoms with E-state index in [9.17, 15) is 4.79 Å². The number of benzene rings is 1. The van der Waals surface area contributed by atoms with E-state index in [1.165, 1.54) is 5.57 Å². The lowest BCUT2D eigenvalue weighted by Gasteiger charge is -2.37. The van der Waals surface area contributed by atoms with Crippen molar-refractivity contribution in [1.29, 1.82) is 0 Å². The molecule has 1 atom stereocenters. The number of fused-ring (bicyclic) bond motifs is 1. The van der Waals surface area contributed by atoms with Crippen molar-refractivity contribution in [2.24, 2.45) is 0 Å². The van der Waals surface area contributed by atoms with Crippen LogP contribution in [0.15, 0.2) is 99.9 Å². The van der Waals surface area contributed by atoms with Gasteiger partial charge in [-0.25, -0.2) is 0 Å². The first-order chi connectivity index (χ1) is 20.1. The van der Waals surface area contributed by atoms with Gasteiger partial charge >= 0.3 is 0 Å². The number of pyridine rings is 1. The first-order valence-corrected chi connectivity index (χ1v) is 14.9. The number of hydrogen-bond acceptors (Lipinski definition) is 5. The minimum atomic E-state index is -0.0903. The summed E-state index contributed by atoms with van der Waals surface area (Å²) in [5, 5.41) is 4.31. The van der Waals surface area contributed by atoms with E-state index in [1.807, 2.05) is 41.4 Å². The van der Waals surface area contributed by atoms with E-state index in [2.05, 4.69) is 51.6 Å². The first-order valence-electron chi connectivity index (χ1n) is 14.5. The first kappa shape index (κ1) is 26.2. The molecule has 1 aromatic carbocycles. The lowest BCUT2D eigenvalue weighted by atomic mass is 9.91. The maximum absolute atomic E-state index is 14.4. The minimum Gasteiger partial charge on any atom is -0.451 e. The molecule has 0 radical (unpaired) electrons. The fourth-order valence-electron chi connectivity index (χ4n) is 6.42. The zero-order valence-electron chi connectivity index (χ0n) is 23.0. The van der Waals surface area contributed by atoms with Crippen LogP contribution >= 0.6 is 11.6 Å². The highest BCUT2D eigenvalue weighted by Crippen LogP contribution is 2.38. The minimum absolute atomic E-state index is 0.0903. The third-order valence-electron chi connectivity index (χ3n) is 8.59. The van der Waals surface area contributed by atoms with Gasteiger partial charge in [0.05, 0.1) is 6.54 Å². The second-order valence-corrected chi connectivity index (χ2v) is 11.6. The summed E-state index contributed by atoms with van der Waals surface area (Å²) in [6.45, 7) is 4.53. The Hall–Kier alpha value is -3.71. The highest BCUT2D eigenvalue weighted by atomic mass is 35.5. The van der Waals surface area contributed by atoms with E-state index in [-0.39, 0.29) is 5.91 Å². The summed E-state index contributed by atoms with van der Waals surface area (Å²) >= 11 is 6.22. The van der Waals surface area contributed by atoms with Gasteiger partial charge in [0.15, 0.2) is 5.76 Å². The highest BCUT2D eigenvalue weighted by molar-refractivity contribution is 6.29. The van der Waals surface area contributed by atoms with Crippen LogP contribution in [0.25, 0.3) is 16.7 Å². The number of aromatic nitrogens is 1. The number of rotatable bonds is 5. The fraction of sp³-hybridized carbons (Fsp3) is 0.294. The van der Waals surface area contributed by atoms with Crippen LogP contribution in [-0.4, -0.2) is 52.9 Å². The molecule has 7 heteroatoms. The molecular weight excluding hydrogens is 532 g/mol. The number of piperazine rings is 1. The Balaban J connectivity index is 1.28. The van der Waals surface area contributed by atoms with Gasteiger partial charge in [-0.1, -0.05) is 54.1 Å². The number of allylic oxidation sites excluding steroid dienone is 5. The summed E-state index contributed by atoms with van der Waals surface area (Å²) in [6.07, 6.45) is 15.3. The van der Waals surface area contributed by atoms with Gasteiger partial charge in [0.2, 0.25) is 0 Å². The summed E-state index contributed by atoms with van der Waals surface area (Å²) in [6, 6.07) is 14.7. The third-order valence-corrected chi connectivity index (χ3v) is 8.91. The predicted molar refractivity (Wildman–Crippen MR) is 162 cm³/mol. The molecule has 0 bridgehead atoms. The lowest BCUT2D eigenvalue weighted by molar-refractivity contribution is 0.0768. The molecule has 0 saturated carbocycles. The van der Waals surface area contributed by atoms with E-state index in [0.717, 1.165) is 89.8 Å². The number of nitrogens with zero attached hydrogens (tertiary/aromatic N) is 3. The van der Waals surface area contributed by atoms with Gasteiger partial charge in [-0.3, -0.25) is 14.7 Å². The molecule has 1 amide bonds. The number of carbonyl (C=O) groups excluding carboxylic acids is 1. The zero-order valence-corrected chi connectivity index (χ0v) is 23.7. The van der Waals surface area contributed by atoms with Crippen molar-refractivity contribution < 1.29 is 9.21 Å². The third kappa shape index (κ3) is 5.23. The van der Waals surface area contributed by atoms with E-state index in [4.69, 9.17) is 16.0 Å². The number of carbonyl (C=O) groups is 1. The van der Waals surface area contributed by atoms with Crippen molar-refractivity contribution in [1.82, 2.24) is 20.1 Å². The van der Waals surface area contributed by atoms with Gasteiger partial charge in [0.1, 0.15) is 5.76 Å². The molecule has 2 aromatic heterocycles. The van der Waals surface area contributed by atoms with Gasteiger partial charge < -0.3 is 14.6 Å². The Kier molecular flexibility index (Phi) is 7.21. The second kappa shape index (κ2) is 11.3. The molecule has 6 nitrogen and oxygen atoms in total. The topological polar surface area (TPSA) is 61.6 Å². The van der Waals surface area contributed by atoms with Crippen molar-refractivity contribution in [3.8, 4) is 11.1 Å². The predicted octanol–water partition coefficient (Wildman–Crippen LogP) is 6.33. The maximum atomic E-state index is 14.4. The van der Waals surface area contributed by atoms with Gasteiger partial charge in [-0.05, 0) is 72.2 Å². The van der Waals surface area contributed by atoms with Crippen LogP contribution in [0.4, 0.5) is 0 Å². The number of furan rings is 1. The standard InChI is InChI=1S/C34H33ClN4O2/c35-28-9-7-23(8-10-28)32-20-27-18-26-19-29(38-16-14-36-15-17-38)11-12-31(26)39(34(40)33(27)41-32)22-25-4-1-2-6-30(25)24-5-3-13-37-21-24/h1-7,9,11-13,20-21,29,36H,8,10,14-19,22H2. The Labute approximate surface area is 245 Å². The van der Waals surface area contributed by atoms with Gasteiger partial charge in [-0.2, -0.15) is 0 Å². The molecule has 41 heavy (non-hydrogen) atoms. The highest BCUT2D eigenvalue weighted by Gasteiger charge is 2.35. The second-order valence-electron chi connectivity index (χ2n) is 11.1. The number of nitrogens with one attached hydrogen (secondary N) is 1. The largest absolute Gasteiger partial charge is 0.451 e. The summed E-state index contributed by atoms with van der Waals surface area (Å²) in [5.41, 5.74) is 7.53. The molecule has 1 fully saturated rings. The summed E-state index contributed by atoms with van der Waals surface area (Å²) < 4.78 is 6.39. The number of amides is 1.